The van der Waals surface area contributed by atoms with Crippen LogP contribution in [0.2, 0.25) is 0 Å². The lowest BCUT2D eigenvalue weighted by atomic mass is 9.52. The first-order chi connectivity index (χ1) is 20.3. The first-order valence-electron chi connectivity index (χ1n) is 15.6. The number of rotatable bonds is 14. The molecule has 0 aliphatic heterocycles. The third-order valence-corrected chi connectivity index (χ3v) is 11.6. The highest BCUT2D eigenvalue weighted by Crippen LogP contribution is 2.63. The van der Waals surface area contributed by atoms with Gasteiger partial charge in [-0.05, 0) is 116 Å². The monoisotopic (exact) mass is 600 g/mol. The Kier molecular flexibility index (Phi) is 10.3. The topological polar surface area (TPSA) is 80.3 Å². The van der Waals surface area contributed by atoms with E-state index in [1.807, 2.05) is 6.92 Å². The van der Waals surface area contributed by atoms with Crippen molar-refractivity contribution in [3.8, 4) is 5.75 Å². The van der Waals surface area contributed by atoms with Gasteiger partial charge in [0.05, 0.1) is 17.6 Å². The molecule has 2 aromatic rings. The molecule has 6 unspecified atom stereocenters. The molecule has 2 aromatic carbocycles. The van der Waals surface area contributed by atoms with Crippen molar-refractivity contribution in [2.45, 2.75) is 88.6 Å². The van der Waals surface area contributed by atoms with Crippen LogP contribution in [0.15, 0.2) is 47.4 Å². The van der Waals surface area contributed by atoms with Crippen molar-refractivity contribution in [1.29, 1.82) is 0 Å². The zero-order valence-corrected chi connectivity index (χ0v) is 26.5. The zero-order chi connectivity index (χ0) is 29.7. The van der Waals surface area contributed by atoms with Crippen molar-refractivity contribution in [3.05, 3.63) is 59.2 Å². The van der Waals surface area contributed by atoms with Crippen LogP contribution in [-0.2, 0) is 34.9 Å². The van der Waals surface area contributed by atoms with Crippen molar-refractivity contribution < 1.29 is 31.5 Å². The van der Waals surface area contributed by atoms with E-state index in [9.17, 15) is 8.42 Å². The molecule has 232 valence electrons. The number of ether oxygens (including phenoxy) is 4. The normalized spacial score (nSPS) is 28.6. The van der Waals surface area contributed by atoms with E-state index in [1.165, 1.54) is 30.4 Å². The summed E-state index contributed by atoms with van der Waals surface area (Å²) < 4.78 is 53.0. The van der Waals surface area contributed by atoms with Crippen molar-refractivity contribution >= 4 is 10.1 Å². The Morgan fingerprint density at radius 2 is 1.71 bits per heavy atom. The average molecular weight is 601 g/mol. The largest absolute Gasteiger partial charge is 0.468 e. The zero-order valence-electron chi connectivity index (χ0n) is 25.7. The molecule has 0 radical (unpaired) electrons. The molecule has 2 saturated carbocycles. The summed E-state index contributed by atoms with van der Waals surface area (Å²) in [7, 11) is -0.368. The number of hydrogen-bond donors (Lipinski definition) is 0. The second-order valence-corrected chi connectivity index (χ2v) is 14.4. The molecule has 42 heavy (non-hydrogen) atoms. The van der Waals surface area contributed by atoms with Crippen LogP contribution in [0.1, 0.15) is 80.9 Å². The SMILES string of the molecule is COCOc1ccc2c(c1)CC(CCCCCOS(=O)(=O)c1ccc(C)cc1)C1C2CCC2(C)C(OCOC)CCC12. The van der Waals surface area contributed by atoms with Crippen LogP contribution in [0.5, 0.6) is 5.75 Å². The number of hydrogen-bond acceptors (Lipinski definition) is 7. The Hall–Kier alpha value is -1.97. The van der Waals surface area contributed by atoms with Crippen molar-refractivity contribution in [3.63, 3.8) is 0 Å². The highest BCUT2D eigenvalue weighted by molar-refractivity contribution is 7.86. The molecule has 7 nitrogen and oxygen atoms in total. The molecule has 6 atom stereocenters. The van der Waals surface area contributed by atoms with Gasteiger partial charge in [0.25, 0.3) is 10.1 Å². The van der Waals surface area contributed by atoms with Crippen LogP contribution < -0.4 is 4.74 Å². The quantitative estimate of drug-likeness (QED) is 0.131. The van der Waals surface area contributed by atoms with E-state index in [0.29, 0.717) is 30.5 Å². The molecule has 8 heteroatoms. The van der Waals surface area contributed by atoms with Gasteiger partial charge < -0.3 is 18.9 Å². The predicted octanol–water partition coefficient (Wildman–Crippen LogP) is 7.01. The highest BCUT2D eigenvalue weighted by Gasteiger charge is 2.57. The lowest BCUT2D eigenvalue weighted by molar-refractivity contribution is -0.128. The number of fused-ring (bicyclic) bond motifs is 5. The molecule has 0 aromatic heterocycles. The first-order valence-corrected chi connectivity index (χ1v) is 17.0. The molecule has 3 aliphatic carbocycles. The third-order valence-electron chi connectivity index (χ3n) is 10.3. The minimum absolute atomic E-state index is 0.176. The second kappa shape index (κ2) is 13.8. The number of methoxy groups -OCH3 is 2. The molecule has 2 fully saturated rings. The Labute approximate surface area is 252 Å². The number of unbranched alkanes of at least 4 members (excludes halogenated alkanes) is 2. The van der Waals surface area contributed by atoms with Gasteiger partial charge in [0, 0.05) is 14.2 Å². The van der Waals surface area contributed by atoms with Gasteiger partial charge in [-0.3, -0.25) is 4.18 Å². The standard InChI is InChI=1S/C34H48O7S/c1-24-9-12-28(13-10-24)42(35,36)41-19-7-5-6-8-25-20-26-21-27(39-22-37-3)11-14-29(26)30-17-18-34(2)31(33(25)30)15-16-32(34)40-23-38-4/h9-14,21,25,30-33H,5-8,15-20,22-23H2,1-4H3. The summed E-state index contributed by atoms with van der Waals surface area (Å²) in [6.45, 7) is 5.22. The molecule has 3 aliphatic rings. The number of benzene rings is 2. The minimum Gasteiger partial charge on any atom is -0.468 e. The van der Waals surface area contributed by atoms with Crippen molar-refractivity contribution in [2.24, 2.45) is 23.2 Å². The van der Waals surface area contributed by atoms with Crippen LogP contribution >= 0.6 is 0 Å². The van der Waals surface area contributed by atoms with Crippen LogP contribution in [0, 0.1) is 30.1 Å². The van der Waals surface area contributed by atoms with E-state index in [-0.39, 0.29) is 29.8 Å². The van der Waals surface area contributed by atoms with Gasteiger partial charge >= 0.3 is 0 Å². The summed E-state index contributed by atoms with van der Waals surface area (Å²) in [5.74, 6) is 3.25. The Morgan fingerprint density at radius 1 is 0.929 bits per heavy atom. The van der Waals surface area contributed by atoms with Crippen LogP contribution in [0.4, 0.5) is 0 Å². The minimum atomic E-state index is -3.72. The fourth-order valence-corrected chi connectivity index (χ4v) is 9.21. The van der Waals surface area contributed by atoms with E-state index in [1.54, 1.807) is 38.5 Å². The van der Waals surface area contributed by atoms with E-state index in [4.69, 9.17) is 23.1 Å². The van der Waals surface area contributed by atoms with E-state index < -0.39 is 10.1 Å². The number of aryl methyl sites for hydroxylation is 1. The maximum Gasteiger partial charge on any atom is 0.296 e. The van der Waals surface area contributed by atoms with E-state index >= 15 is 0 Å². The third kappa shape index (κ3) is 6.73. The smallest absolute Gasteiger partial charge is 0.296 e. The molecular weight excluding hydrogens is 552 g/mol. The first kappa shape index (κ1) is 31.5. The molecule has 0 N–H and O–H groups in total. The van der Waals surface area contributed by atoms with Crippen LogP contribution in [0.3, 0.4) is 0 Å². The van der Waals surface area contributed by atoms with Gasteiger partial charge in [-0.15, -0.1) is 0 Å². The molecule has 5 rings (SSSR count). The second-order valence-electron chi connectivity index (χ2n) is 12.8. The van der Waals surface area contributed by atoms with E-state index in [2.05, 4.69) is 25.1 Å². The maximum absolute atomic E-state index is 12.6. The van der Waals surface area contributed by atoms with Gasteiger partial charge in [0.2, 0.25) is 0 Å². The molecule has 0 saturated heterocycles. The molecule has 0 spiro atoms. The highest BCUT2D eigenvalue weighted by atomic mass is 32.2. The summed E-state index contributed by atoms with van der Waals surface area (Å²) in [5, 5.41) is 0. The molecule has 0 bridgehead atoms. The summed E-state index contributed by atoms with van der Waals surface area (Å²) in [4.78, 5) is 0.221. The van der Waals surface area contributed by atoms with Gasteiger partial charge in [0.1, 0.15) is 12.5 Å². The lowest BCUT2D eigenvalue weighted by Crippen LogP contribution is -2.47. The van der Waals surface area contributed by atoms with Gasteiger partial charge in [-0.25, -0.2) is 0 Å². The lowest BCUT2D eigenvalue weighted by Gasteiger charge is -2.53. The van der Waals surface area contributed by atoms with Gasteiger partial charge in [0.15, 0.2) is 6.79 Å². The van der Waals surface area contributed by atoms with Gasteiger partial charge in [-0.2, -0.15) is 8.42 Å². The van der Waals surface area contributed by atoms with Crippen LogP contribution in [0.25, 0.3) is 0 Å². The summed E-state index contributed by atoms with van der Waals surface area (Å²) in [5.41, 5.74) is 4.11. The van der Waals surface area contributed by atoms with Crippen molar-refractivity contribution in [1.82, 2.24) is 0 Å². The summed E-state index contributed by atoms with van der Waals surface area (Å²) in [6.07, 6.45) is 9.83. The van der Waals surface area contributed by atoms with E-state index in [0.717, 1.165) is 49.8 Å². The Balaban J connectivity index is 1.25. The summed E-state index contributed by atoms with van der Waals surface area (Å²) >= 11 is 0. The van der Waals surface area contributed by atoms with Gasteiger partial charge in [-0.1, -0.05) is 43.5 Å². The molecule has 0 heterocycles. The molecule has 0 amide bonds. The van der Waals surface area contributed by atoms with Crippen molar-refractivity contribution in [2.75, 3.05) is 34.4 Å². The summed E-state index contributed by atoms with van der Waals surface area (Å²) in [6, 6.07) is 13.5. The predicted molar refractivity (Wildman–Crippen MR) is 162 cm³/mol. The fourth-order valence-electron chi connectivity index (χ4n) is 8.27. The van der Waals surface area contributed by atoms with Crippen LogP contribution in [-0.4, -0.2) is 48.9 Å². The fraction of sp³-hybridized carbons (Fsp3) is 0.647. The Bertz CT molecular complexity index is 1280. The molecular formula is C34H48O7S. The maximum atomic E-state index is 12.6. The average Bonchev–Trinajstić information content (AvgIpc) is 3.32. The Morgan fingerprint density at radius 3 is 2.48 bits per heavy atom.